The topological polar surface area (TPSA) is 55.8 Å². The molecule has 5 rings (SSSR count). The quantitative estimate of drug-likeness (QED) is 0.309. The number of ether oxygens (including phenoxy) is 2. The number of hydrogen-bond donors (Lipinski definition) is 0. The predicted molar refractivity (Wildman–Crippen MR) is 164 cm³/mol. The molecule has 0 amide bonds. The van der Waals surface area contributed by atoms with E-state index in [1.54, 1.807) is 0 Å². The molecule has 1 aliphatic heterocycles. The summed E-state index contributed by atoms with van der Waals surface area (Å²) >= 11 is 7.23. The van der Waals surface area contributed by atoms with Crippen LogP contribution in [0.2, 0.25) is 0 Å². The Morgan fingerprint density at radius 2 is 1.40 bits per heavy atom. The highest BCUT2D eigenvalue weighted by Crippen LogP contribution is 2.55. The van der Waals surface area contributed by atoms with E-state index < -0.39 is 5.92 Å². The van der Waals surface area contributed by atoms with Crippen molar-refractivity contribution in [3.05, 3.63) is 79.0 Å². The van der Waals surface area contributed by atoms with E-state index in [0.29, 0.717) is 37.6 Å². The van der Waals surface area contributed by atoms with Crippen molar-refractivity contribution < 1.29 is 19.1 Å². The first-order chi connectivity index (χ1) is 18.8. The Morgan fingerprint density at radius 3 is 1.93 bits per heavy atom. The van der Waals surface area contributed by atoms with E-state index in [4.69, 9.17) is 9.47 Å². The van der Waals surface area contributed by atoms with Gasteiger partial charge in [0.15, 0.2) is 23.1 Å². The highest BCUT2D eigenvalue weighted by Gasteiger charge is 2.48. The molecule has 0 radical (unpaired) electrons. The van der Waals surface area contributed by atoms with Gasteiger partial charge in [0.05, 0.1) is 11.1 Å². The fourth-order valence-corrected chi connectivity index (χ4v) is 7.23. The molecule has 5 nitrogen and oxygen atoms in total. The Hall–Kier alpha value is -2.38. The first-order valence-electron chi connectivity index (χ1n) is 13.9. The third-order valence-corrected chi connectivity index (χ3v) is 9.26. The Morgan fingerprint density at radius 1 is 0.850 bits per heavy atom. The van der Waals surface area contributed by atoms with E-state index in [2.05, 4.69) is 64.5 Å². The summed E-state index contributed by atoms with van der Waals surface area (Å²) in [6.07, 6.45) is 2.51. The fourth-order valence-electron chi connectivity index (χ4n) is 6.39. The van der Waals surface area contributed by atoms with Gasteiger partial charge in [-0.3, -0.25) is 9.59 Å². The summed E-state index contributed by atoms with van der Waals surface area (Å²) in [5, 5.41) is 0. The Bertz CT molecular complexity index is 1380. The monoisotopic (exact) mass is 669 g/mol. The molecule has 0 bridgehead atoms. The number of halogens is 2. The van der Waals surface area contributed by atoms with Crippen molar-refractivity contribution in [3.63, 3.8) is 0 Å². The van der Waals surface area contributed by atoms with Gasteiger partial charge in [0.1, 0.15) is 6.61 Å². The summed E-state index contributed by atoms with van der Waals surface area (Å²) in [6.45, 7) is 11.4. The van der Waals surface area contributed by atoms with Gasteiger partial charge in [-0.2, -0.15) is 0 Å². The van der Waals surface area contributed by atoms with Gasteiger partial charge in [-0.05, 0) is 81.9 Å². The molecular weight excluding hydrogens is 634 g/mol. The van der Waals surface area contributed by atoms with Crippen molar-refractivity contribution in [2.45, 2.75) is 72.8 Å². The maximum atomic E-state index is 13.8. The normalized spacial score (nSPS) is 20.4. The maximum Gasteiger partial charge on any atom is 0.175 e. The molecule has 0 N–H and O–H groups in total. The number of Topliss-reactive ketones (excluding diaryl/α,β-unsaturated/α-hetero) is 2. The van der Waals surface area contributed by atoms with Crippen LogP contribution in [0.15, 0.2) is 67.9 Å². The summed E-state index contributed by atoms with van der Waals surface area (Å²) in [7, 11) is 2.03. The van der Waals surface area contributed by atoms with Crippen molar-refractivity contribution in [1.82, 2.24) is 4.90 Å². The van der Waals surface area contributed by atoms with Gasteiger partial charge in [-0.1, -0.05) is 55.8 Å². The lowest BCUT2D eigenvalue weighted by molar-refractivity contribution is -0.119. The molecule has 0 spiro atoms. The highest BCUT2D eigenvalue weighted by molar-refractivity contribution is 9.10. The van der Waals surface area contributed by atoms with E-state index in [1.807, 2.05) is 50.4 Å². The molecule has 0 saturated heterocycles. The van der Waals surface area contributed by atoms with Crippen LogP contribution in [-0.2, 0) is 16.2 Å². The minimum Gasteiger partial charge on any atom is -0.490 e. The largest absolute Gasteiger partial charge is 0.490 e. The minimum absolute atomic E-state index is 0.122. The molecule has 0 aromatic heterocycles. The standard InChI is InChI=1S/C33H37Br2NO4/c1-7-39-27-13-20(12-22(35)31(27)40-18-19-8-10-21(34)11-9-19)28-29-23(14-32(2,3)16-25(29)37)36(6)24-15-33(4,5)17-26(38)30(24)28/h8-13,28H,7,14-18H2,1-6H3. The summed E-state index contributed by atoms with van der Waals surface area (Å²) in [6, 6.07) is 12.0. The lowest BCUT2D eigenvalue weighted by Crippen LogP contribution is -2.43. The number of rotatable bonds is 6. The van der Waals surface area contributed by atoms with Crippen LogP contribution in [-0.4, -0.2) is 30.1 Å². The first-order valence-corrected chi connectivity index (χ1v) is 15.5. The second-order valence-electron chi connectivity index (χ2n) is 12.8. The molecule has 40 heavy (non-hydrogen) atoms. The van der Waals surface area contributed by atoms with Crippen LogP contribution < -0.4 is 9.47 Å². The zero-order chi connectivity index (χ0) is 29.0. The second kappa shape index (κ2) is 10.8. The molecule has 212 valence electrons. The Balaban J connectivity index is 1.63. The number of carbonyl (C=O) groups excluding carboxylic acids is 2. The van der Waals surface area contributed by atoms with Crippen LogP contribution in [0.25, 0.3) is 0 Å². The van der Waals surface area contributed by atoms with Crippen LogP contribution in [0, 0.1) is 10.8 Å². The van der Waals surface area contributed by atoms with Gasteiger partial charge in [-0.15, -0.1) is 0 Å². The maximum absolute atomic E-state index is 13.8. The van der Waals surface area contributed by atoms with E-state index >= 15 is 0 Å². The lowest BCUT2D eigenvalue weighted by atomic mass is 9.64. The first kappa shape index (κ1) is 29.1. The highest BCUT2D eigenvalue weighted by atomic mass is 79.9. The number of carbonyl (C=O) groups is 2. The molecule has 0 unspecified atom stereocenters. The smallest absolute Gasteiger partial charge is 0.175 e. The Labute approximate surface area is 254 Å². The minimum atomic E-state index is -0.426. The molecule has 2 aromatic carbocycles. The van der Waals surface area contributed by atoms with Crippen LogP contribution in [0.5, 0.6) is 11.5 Å². The van der Waals surface area contributed by atoms with Gasteiger partial charge in [0.2, 0.25) is 0 Å². The number of allylic oxidation sites excluding steroid dienone is 4. The van der Waals surface area contributed by atoms with Crippen LogP contribution in [0.4, 0.5) is 0 Å². The number of benzene rings is 2. The van der Waals surface area contributed by atoms with Crippen molar-refractivity contribution in [2.75, 3.05) is 13.7 Å². The zero-order valence-electron chi connectivity index (χ0n) is 24.1. The molecular formula is C33H37Br2NO4. The molecule has 2 aliphatic carbocycles. The van der Waals surface area contributed by atoms with Crippen molar-refractivity contribution in [2.24, 2.45) is 10.8 Å². The van der Waals surface area contributed by atoms with Gasteiger partial charge in [0, 0.05) is 52.8 Å². The van der Waals surface area contributed by atoms with E-state index in [1.165, 1.54) is 0 Å². The number of hydrogen-bond acceptors (Lipinski definition) is 5. The SMILES string of the molecule is CCOc1cc(C2C3=C(CC(C)(C)CC3=O)N(C)C3=C2C(=O)CC(C)(C)C3)cc(Br)c1OCc1ccc(Br)cc1. The molecule has 2 aromatic rings. The average Bonchev–Trinajstić information content (AvgIpc) is 2.85. The summed E-state index contributed by atoms with van der Waals surface area (Å²) in [5.41, 5.74) is 5.23. The number of nitrogens with zero attached hydrogens (tertiary/aromatic N) is 1. The van der Waals surface area contributed by atoms with Gasteiger partial charge < -0.3 is 14.4 Å². The third-order valence-electron chi connectivity index (χ3n) is 8.14. The lowest BCUT2D eigenvalue weighted by Gasteiger charge is -2.48. The third kappa shape index (κ3) is 5.56. The Kier molecular flexibility index (Phi) is 7.86. The molecule has 0 atom stereocenters. The van der Waals surface area contributed by atoms with Gasteiger partial charge in [0.25, 0.3) is 0 Å². The van der Waals surface area contributed by atoms with Crippen molar-refractivity contribution in [3.8, 4) is 11.5 Å². The molecule has 0 fully saturated rings. The summed E-state index contributed by atoms with van der Waals surface area (Å²) in [5.74, 6) is 1.02. The van der Waals surface area contributed by atoms with Gasteiger partial charge in [-0.25, -0.2) is 0 Å². The van der Waals surface area contributed by atoms with E-state index in [0.717, 1.165) is 55.5 Å². The van der Waals surface area contributed by atoms with Crippen LogP contribution >= 0.6 is 31.9 Å². The van der Waals surface area contributed by atoms with Crippen LogP contribution in [0.3, 0.4) is 0 Å². The zero-order valence-corrected chi connectivity index (χ0v) is 27.3. The van der Waals surface area contributed by atoms with Crippen molar-refractivity contribution >= 4 is 43.4 Å². The van der Waals surface area contributed by atoms with E-state index in [9.17, 15) is 9.59 Å². The van der Waals surface area contributed by atoms with Crippen LogP contribution in [0.1, 0.15) is 77.3 Å². The predicted octanol–water partition coefficient (Wildman–Crippen LogP) is 8.50. The summed E-state index contributed by atoms with van der Waals surface area (Å²) in [4.78, 5) is 29.8. The fraction of sp³-hybridized carbons (Fsp3) is 0.455. The van der Waals surface area contributed by atoms with E-state index in [-0.39, 0.29) is 22.4 Å². The molecule has 1 heterocycles. The average molecular weight is 671 g/mol. The molecule has 3 aliphatic rings. The number of ketones is 2. The van der Waals surface area contributed by atoms with Gasteiger partial charge >= 0.3 is 0 Å². The molecule has 7 heteroatoms. The van der Waals surface area contributed by atoms with Crippen molar-refractivity contribution in [1.29, 1.82) is 0 Å². The second-order valence-corrected chi connectivity index (χ2v) is 14.5. The summed E-state index contributed by atoms with van der Waals surface area (Å²) < 4.78 is 14.1. The molecule has 0 saturated carbocycles.